The van der Waals surface area contributed by atoms with E-state index in [0.29, 0.717) is 5.65 Å². The molecular formula is C16H14ClFN4O. The molecule has 1 N–H and O–H groups in total. The molecule has 0 atom stereocenters. The third-order valence-corrected chi connectivity index (χ3v) is 3.72. The van der Waals surface area contributed by atoms with E-state index in [0.717, 1.165) is 5.69 Å². The fraction of sp³-hybridized carbons (Fsp3) is 0.188. The number of nitrogens with one attached hydrogen (secondary N) is 1. The van der Waals surface area contributed by atoms with Gasteiger partial charge in [0.05, 0.1) is 16.9 Å². The maximum Gasteiger partial charge on any atom is 0.274 e. The van der Waals surface area contributed by atoms with Crippen LogP contribution in [-0.4, -0.2) is 20.5 Å². The average molecular weight is 333 g/mol. The van der Waals surface area contributed by atoms with Gasteiger partial charge in [0.2, 0.25) is 0 Å². The molecule has 0 aliphatic heterocycles. The molecule has 0 spiro atoms. The number of aromatic nitrogens is 3. The van der Waals surface area contributed by atoms with Gasteiger partial charge in [0.15, 0.2) is 5.65 Å². The molecule has 0 saturated heterocycles. The number of halogens is 2. The Kier molecular flexibility index (Phi) is 4.00. The van der Waals surface area contributed by atoms with Gasteiger partial charge in [0, 0.05) is 11.8 Å². The third kappa shape index (κ3) is 3.03. The van der Waals surface area contributed by atoms with E-state index in [9.17, 15) is 9.18 Å². The normalized spacial score (nSPS) is 11.2. The second-order valence-electron chi connectivity index (χ2n) is 5.40. The fourth-order valence-electron chi connectivity index (χ4n) is 2.24. The first-order chi connectivity index (χ1) is 11.0. The summed E-state index contributed by atoms with van der Waals surface area (Å²) in [4.78, 5) is 16.7. The number of nitrogens with zero attached hydrogens (tertiary/aromatic N) is 3. The molecule has 5 nitrogen and oxygen atoms in total. The van der Waals surface area contributed by atoms with E-state index >= 15 is 0 Å². The average Bonchev–Trinajstić information content (AvgIpc) is 2.98. The molecule has 118 valence electrons. The van der Waals surface area contributed by atoms with Crippen molar-refractivity contribution in [2.45, 2.75) is 19.8 Å². The molecule has 0 unspecified atom stereocenters. The molecule has 2 heterocycles. The minimum Gasteiger partial charge on any atom is -0.319 e. The third-order valence-electron chi connectivity index (χ3n) is 3.39. The highest BCUT2D eigenvalue weighted by molar-refractivity contribution is 6.33. The molecule has 1 aromatic carbocycles. The van der Waals surface area contributed by atoms with E-state index in [1.807, 2.05) is 13.8 Å². The number of rotatable bonds is 3. The first-order valence-electron chi connectivity index (χ1n) is 7.07. The number of carbonyl (C=O) groups is 1. The molecular weight excluding hydrogens is 319 g/mol. The predicted molar refractivity (Wildman–Crippen MR) is 86.4 cm³/mol. The Bertz CT molecular complexity index is 891. The van der Waals surface area contributed by atoms with Gasteiger partial charge in [-0.05, 0) is 30.2 Å². The number of hydrogen-bond acceptors (Lipinski definition) is 3. The van der Waals surface area contributed by atoms with Crippen LogP contribution in [0.4, 0.5) is 10.1 Å². The van der Waals surface area contributed by atoms with Crippen molar-refractivity contribution in [3.05, 3.63) is 58.8 Å². The summed E-state index contributed by atoms with van der Waals surface area (Å²) in [5.74, 6) is -0.778. The van der Waals surface area contributed by atoms with E-state index in [1.54, 1.807) is 22.8 Å². The molecule has 0 radical (unpaired) electrons. The Morgan fingerprint density at radius 2 is 2.09 bits per heavy atom. The first kappa shape index (κ1) is 15.4. The van der Waals surface area contributed by atoms with Crippen molar-refractivity contribution in [1.29, 1.82) is 0 Å². The monoisotopic (exact) mass is 332 g/mol. The maximum atomic E-state index is 13.3. The van der Waals surface area contributed by atoms with Crippen molar-refractivity contribution in [3.8, 4) is 0 Å². The Hall–Kier alpha value is -2.47. The van der Waals surface area contributed by atoms with Gasteiger partial charge in [-0.3, -0.25) is 4.79 Å². The molecule has 1 amide bonds. The molecule has 3 aromatic rings. The molecule has 3 rings (SSSR count). The summed E-state index contributed by atoms with van der Waals surface area (Å²) in [6.07, 6.45) is 1.62. The molecule has 0 aliphatic carbocycles. The number of carbonyl (C=O) groups excluding carboxylic acids is 1. The van der Waals surface area contributed by atoms with Crippen LogP contribution in [0.2, 0.25) is 5.02 Å². The molecule has 0 saturated carbocycles. The van der Waals surface area contributed by atoms with Gasteiger partial charge in [0.25, 0.3) is 5.91 Å². The summed E-state index contributed by atoms with van der Waals surface area (Å²) in [5, 5.41) is 7.05. The summed E-state index contributed by atoms with van der Waals surface area (Å²) in [5.41, 5.74) is 1.86. The number of anilines is 1. The van der Waals surface area contributed by atoms with Crippen LogP contribution < -0.4 is 5.32 Å². The number of amides is 1. The van der Waals surface area contributed by atoms with Crippen molar-refractivity contribution in [2.24, 2.45) is 0 Å². The maximum absolute atomic E-state index is 13.3. The zero-order valence-corrected chi connectivity index (χ0v) is 13.3. The van der Waals surface area contributed by atoms with Gasteiger partial charge in [-0.2, -0.15) is 5.10 Å². The van der Waals surface area contributed by atoms with Gasteiger partial charge in [-0.1, -0.05) is 25.4 Å². The van der Waals surface area contributed by atoms with Crippen molar-refractivity contribution >= 4 is 28.8 Å². The van der Waals surface area contributed by atoms with Crippen LogP contribution in [0.25, 0.3) is 5.65 Å². The fourth-order valence-corrected chi connectivity index (χ4v) is 2.41. The predicted octanol–water partition coefficient (Wildman–Crippen LogP) is 3.90. The van der Waals surface area contributed by atoms with Gasteiger partial charge in [-0.25, -0.2) is 13.9 Å². The van der Waals surface area contributed by atoms with E-state index in [-0.39, 0.29) is 22.3 Å². The van der Waals surface area contributed by atoms with Crippen LogP contribution in [-0.2, 0) is 0 Å². The second kappa shape index (κ2) is 5.96. The Morgan fingerprint density at radius 1 is 1.30 bits per heavy atom. The van der Waals surface area contributed by atoms with Crippen molar-refractivity contribution < 1.29 is 9.18 Å². The van der Waals surface area contributed by atoms with Gasteiger partial charge < -0.3 is 5.32 Å². The minimum atomic E-state index is -0.480. The molecule has 0 fully saturated rings. The van der Waals surface area contributed by atoms with Crippen molar-refractivity contribution in [2.75, 3.05) is 5.32 Å². The topological polar surface area (TPSA) is 59.3 Å². The minimum absolute atomic E-state index is 0.157. The standard InChI is InChI=1S/C16H14ClFN4O/c1-9(2)14-8-13(20-15-5-6-19-22(14)15)16(23)21-12-7-10(18)3-4-11(12)17/h3-9H,1-2H3,(H,21,23). The first-order valence-corrected chi connectivity index (χ1v) is 7.44. The van der Waals surface area contributed by atoms with E-state index < -0.39 is 11.7 Å². The zero-order valence-electron chi connectivity index (χ0n) is 12.5. The summed E-state index contributed by atoms with van der Waals surface area (Å²) in [7, 11) is 0. The molecule has 23 heavy (non-hydrogen) atoms. The Morgan fingerprint density at radius 3 is 2.83 bits per heavy atom. The summed E-state index contributed by atoms with van der Waals surface area (Å²) in [6.45, 7) is 4.00. The lowest BCUT2D eigenvalue weighted by Crippen LogP contribution is -2.16. The second-order valence-corrected chi connectivity index (χ2v) is 5.81. The van der Waals surface area contributed by atoms with Crippen molar-refractivity contribution in [3.63, 3.8) is 0 Å². The van der Waals surface area contributed by atoms with E-state index in [4.69, 9.17) is 11.6 Å². The lowest BCUT2D eigenvalue weighted by molar-refractivity contribution is 0.102. The highest BCUT2D eigenvalue weighted by atomic mass is 35.5. The summed E-state index contributed by atoms with van der Waals surface area (Å²) in [6, 6.07) is 7.18. The summed E-state index contributed by atoms with van der Waals surface area (Å²) >= 11 is 5.97. The van der Waals surface area contributed by atoms with Gasteiger partial charge in [-0.15, -0.1) is 0 Å². The quantitative estimate of drug-likeness (QED) is 0.791. The zero-order chi connectivity index (χ0) is 16.6. The van der Waals surface area contributed by atoms with Crippen LogP contribution in [0.15, 0.2) is 36.5 Å². The Balaban J connectivity index is 1.99. The molecule has 2 aromatic heterocycles. The Labute approximate surface area is 137 Å². The highest BCUT2D eigenvalue weighted by Gasteiger charge is 2.16. The SMILES string of the molecule is CC(C)c1cc(C(=O)Nc2cc(F)ccc2Cl)nc2ccnn12. The number of benzene rings is 1. The van der Waals surface area contributed by atoms with Gasteiger partial charge in [0.1, 0.15) is 11.5 Å². The van der Waals surface area contributed by atoms with Crippen LogP contribution in [0, 0.1) is 5.82 Å². The largest absolute Gasteiger partial charge is 0.319 e. The summed E-state index contributed by atoms with van der Waals surface area (Å²) < 4.78 is 15.0. The van der Waals surface area contributed by atoms with Crippen molar-refractivity contribution in [1.82, 2.24) is 14.6 Å². The highest BCUT2D eigenvalue weighted by Crippen LogP contribution is 2.23. The number of hydrogen-bond donors (Lipinski definition) is 1. The lowest BCUT2D eigenvalue weighted by Gasteiger charge is -2.11. The molecule has 0 bridgehead atoms. The van der Waals surface area contributed by atoms with E-state index in [2.05, 4.69) is 15.4 Å². The van der Waals surface area contributed by atoms with Gasteiger partial charge >= 0.3 is 0 Å². The molecule has 7 heteroatoms. The van der Waals surface area contributed by atoms with Crippen LogP contribution in [0.1, 0.15) is 35.9 Å². The smallest absolute Gasteiger partial charge is 0.274 e. The number of fused-ring (bicyclic) bond motifs is 1. The molecule has 0 aliphatic rings. The van der Waals surface area contributed by atoms with Crippen LogP contribution in [0.3, 0.4) is 0 Å². The van der Waals surface area contributed by atoms with Crippen LogP contribution in [0.5, 0.6) is 0 Å². The van der Waals surface area contributed by atoms with E-state index in [1.165, 1.54) is 18.2 Å². The van der Waals surface area contributed by atoms with Crippen LogP contribution >= 0.6 is 11.6 Å². The lowest BCUT2D eigenvalue weighted by atomic mass is 10.1.